The number of primary amides is 1. The van der Waals surface area contributed by atoms with Gasteiger partial charge >= 0.3 is 0 Å². The molecular weight excluding hydrogens is 338 g/mol. The zero-order valence-corrected chi connectivity index (χ0v) is 14.2. The molecule has 0 atom stereocenters. The molecule has 0 spiro atoms. The van der Waals surface area contributed by atoms with Crippen molar-refractivity contribution in [2.75, 3.05) is 0 Å². The van der Waals surface area contributed by atoms with E-state index in [1.54, 1.807) is 41.6 Å². The van der Waals surface area contributed by atoms with Gasteiger partial charge in [-0.3, -0.25) is 9.78 Å². The van der Waals surface area contributed by atoms with Crippen molar-refractivity contribution in [1.29, 1.82) is 0 Å². The molecule has 4 aromatic rings. The minimum atomic E-state index is -0.427. The number of rotatable bonds is 4. The Morgan fingerprint density at radius 3 is 2.71 bits per heavy atom. The number of benzene rings is 1. The number of fused-ring (bicyclic) bond motifs is 1. The number of nitrogens with two attached hydrogens (primary N) is 1. The highest BCUT2D eigenvalue weighted by Gasteiger charge is 2.19. The molecule has 4 nitrogen and oxygen atoms in total. The molecule has 0 unspecified atom stereocenters. The molecule has 0 aliphatic rings. The summed E-state index contributed by atoms with van der Waals surface area (Å²) >= 11 is 3.30. The van der Waals surface area contributed by atoms with Crippen LogP contribution in [0, 0.1) is 0 Å². The Labute approximate surface area is 146 Å². The van der Waals surface area contributed by atoms with Crippen molar-refractivity contribution in [3.05, 3.63) is 65.8 Å². The number of amides is 1. The Bertz CT molecular complexity index is 1020. The third-order valence-electron chi connectivity index (χ3n) is 3.71. The predicted octanol–water partition coefficient (Wildman–Crippen LogP) is 4.54. The zero-order valence-electron chi connectivity index (χ0n) is 12.5. The first-order valence-electron chi connectivity index (χ1n) is 7.30. The summed E-state index contributed by atoms with van der Waals surface area (Å²) in [5.74, 6) is -0.427. The van der Waals surface area contributed by atoms with Gasteiger partial charge in [0.25, 0.3) is 0 Å². The van der Waals surface area contributed by atoms with E-state index in [0.29, 0.717) is 5.56 Å². The van der Waals surface area contributed by atoms with Crippen LogP contribution in [0.2, 0.25) is 0 Å². The molecule has 0 aliphatic heterocycles. The molecule has 6 heteroatoms. The molecule has 24 heavy (non-hydrogen) atoms. The number of H-pyrrole nitrogens is 1. The molecule has 118 valence electrons. The molecule has 0 fully saturated rings. The Balaban J connectivity index is 1.92. The normalized spacial score (nSPS) is 11.0. The van der Waals surface area contributed by atoms with Crippen molar-refractivity contribution in [2.24, 2.45) is 5.73 Å². The van der Waals surface area contributed by atoms with Crippen LogP contribution < -0.4 is 5.73 Å². The van der Waals surface area contributed by atoms with Gasteiger partial charge < -0.3 is 10.7 Å². The molecule has 1 aromatic carbocycles. The number of carbonyl (C=O) groups excluding carboxylic acids is 1. The lowest BCUT2D eigenvalue weighted by Gasteiger charge is -2.08. The summed E-state index contributed by atoms with van der Waals surface area (Å²) in [6.45, 7) is 0. The van der Waals surface area contributed by atoms with Crippen molar-refractivity contribution in [3.63, 3.8) is 0 Å². The van der Waals surface area contributed by atoms with Crippen LogP contribution in [-0.4, -0.2) is 15.9 Å². The van der Waals surface area contributed by atoms with Crippen LogP contribution in [0.1, 0.15) is 10.4 Å². The van der Waals surface area contributed by atoms with Gasteiger partial charge in [-0.05, 0) is 29.6 Å². The van der Waals surface area contributed by atoms with Crippen LogP contribution in [0.15, 0.2) is 70.0 Å². The second-order valence-corrected chi connectivity index (χ2v) is 7.19. The molecule has 0 saturated carbocycles. The molecule has 3 N–H and O–H groups in total. The van der Waals surface area contributed by atoms with E-state index >= 15 is 0 Å². The molecule has 4 rings (SSSR count). The molecule has 0 aliphatic carbocycles. The van der Waals surface area contributed by atoms with E-state index in [9.17, 15) is 4.79 Å². The summed E-state index contributed by atoms with van der Waals surface area (Å²) < 4.78 is 0. The first-order valence-corrected chi connectivity index (χ1v) is 9.00. The van der Waals surface area contributed by atoms with E-state index in [-0.39, 0.29) is 0 Å². The van der Waals surface area contributed by atoms with Gasteiger partial charge in [-0.2, -0.15) is 0 Å². The van der Waals surface area contributed by atoms with Crippen LogP contribution in [-0.2, 0) is 0 Å². The van der Waals surface area contributed by atoms with Gasteiger partial charge in [0.2, 0.25) is 5.91 Å². The van der Waals surface area contributed by atoms with Crippen molar-refractivity contribution in [2.45, 2.75) is 9.79 Å². The van der Waals surface area contributed by atoms with Gasteiger partial charge in [-0.25, -0.2) is 0 Å². The number of aromatic nitrogens is 2. The summed E-state index contributed by atoms with van der Waals surface area (Å²) in [6, 6.07) is 13.5. The fourth-order valence-electron chi connectivity index (χ4n) is 2.63. The molecular formula is C18H13N3OS2. The first kappa shape index (κ1) is 15.0. The van der Waals surface area contributed by atoms with E-state index in [0.717, 1.165) is 31.3 Å². The lowest BCUT2D eigenvalue weighted by atomic mass is 10.0. The lowest BCUT2D eigenvalue weighted by molar-refractivity contribution is 0.100. The van der Waals surface area contributed by atoms with Crippen molar-refractivity contribution < 1.29 is 4.79 Å². The van der Waals surface area contributed by atoms with Gasteiger partial charge in [-0.1, -0.05) is 30.0 Å². The second-order valence-electron chi connectivity index (χ2n) is 5.19. The molecule has 1 amide bonds. The molecule has 0 radical (unpaired) electrons. The number of nitrogens with zero attached hydrogens (tertiary/aromatic N) is 1. The maximum absolute atomic E-state index is 11.8. The largest absolute Gasteiger partial charge is 0.366 e. The quantitative estimate of drug-likeness (QED) is 0.567. The molecule has 3 aromatic heterocycles. The van der Waals surface area contributed by atoms with E-state index in [4.69, 9.17) is 5.73 Å². The Morgan fingerprint density at radius 1 is 1.12 bits per heavy atom. The van der Waals surface area contributed by atoms with Gasteiger partial charge in [-0.15, -0.1) is 11.3 Å². The van der Waals surface area contributed by atoms with Gasteiger partial charge in [0.05, 0.1) is 5.69 Å². The summed E-state index contributed by atoms with van der Waals surface area (Å²) in [4.78, 5) is 22.6. The van der Waals surface area contributed by atoms with E-state index in [2.05, 4.69) is 21.4 Å². The smallest absolute Gasteiger partial charge is 0.249 e. The average Bonchev–Trinajstić information content (AvgIpc) is 3.18. The van der Waals surface area contributed by atoms with E-state index < -0.39 is 5.91 Å². The van der Waals surface area contributed by atoms with Crippen LogP contribution >= 0.6 is 23.1 Å². The maximum atomic E-state index is 11.8. The summed E-state index contributed by atoms with van der Waals surface area (Å²) in [5.41, 5.74) is 7.82. The van der Waals surface area contributed by atoms with Gasteiger partial charge in [0.1, 0.15) is 4.83 Å². The average molecular weight is 351 g/mol. The Kier molecular flexibility index (Phi) is 3.84. The fourth-order valence-corrected chi connectivity index (χ4v) is 4.53. The van der Waals surface area contributed by atoms with Gasteiger partial charge in [0, 0.05) is 38.7 Å². The number of thiophene rings is 1. The zero-order chi connectivity index (χ0) is 16.5. The SMILES string of the molecule is NC(=O)c1ccccc1-c1[nH]c2sccc2c1Sc1ccncc1. The minimum Gasteiger partial charge on any atom is -0.366 e. The van der Waals surface area contributed by atoms with Crippen LogP contribution in [0.3, 0.4) is 0 Å². The number of hydrogen-bond acceptors (Lipinski definition) is 4. The third-order valence-corrected chi connectivity index (χ3v) is 5.67. The first-order chi connectivity index (χ1) is 11.7. The number of aromatic amines is 1. The van der Waals surface area contributed by atoms with Gasteiger partial charge in [0.15, 0.2) is 0 Å². The monoisotopic (exact) mass is 351 g/mol. The number of hydrogen-bond donors (Lipinski definition) is 2. The highest BCUT2D eigenvalue weighted by molar-refractivity contribution is 7.99. The predicted molar refractivity (Wildman–Crippen MR) is 98.5 cm³/mol. The topological polar surface area (TPSA) is 71.8 Å². The molecule has 0 saturated heterocycles. The highest BCUT2D eigenvalue weighted by Crippen LogP contribution is 2.43. The summed E-state index contributed by atoms with van der Waals surface area (Å²) in [6.07, 6.45) is 3.55. The number of nitrogens with one attached hydrogen (secondary N) is 1. The van der Waals surface area contributed by atoms with Crippen molar-refractivity contribution >= 4 is 39.2 Å². The van der Waals surface area contributed by atoms with E-state index in [1.165, 1.54) is 0 Å². The number of carbonyl (C=O) groups is 1. The Morgan fingerprint density at radius 2 is 1.92 bits per heavy atom. The van der Waals surface area contributed by atoms with Crippen LogP contribution in [0.25, 0.3) is 21.5 Å². The van der Waals surface area contributed by atoms with Crippen molar-refractivity contribution in [1.82, 2.24) is 9.97 Å². The summed E-state index contributed by atoms with van der Waals surface area (Å²) in [7, 11) is 0. The maximum Gasteiger partial charge on any atom is 0.249 e. The van der Waals surface area contributed by atoms with Crippen LogP contribution in [0.5, 0.6) is 0 Å². The van der Waals surface area contributed by atoms with Crippen LogP contribution in [0.4, 0.5) is 0 Å². The third kappa shape index (κ3) is 2.60. The molecule has 0 bridgehead atoms. The van der Waals surface area contributed by atoms with Crippen molar-refractivity contribution in [3.8, 4) is 11.3 Å². The second kappa shape index (κ2) is 6.14. The Hall–Kier alpha value is -2.57. The standard InChI is InChI=1S/C18H13N3OS2/c19-17(22)13-4-2-1-3-12(13)15-16(14-7-10-23-18(14)21-15)24-11-5-8-20-9-6-11/h1-10,21H,(H2,19,22). The number of pyridine rings is 1. The lowest BCUT2D eigenvalue weighted by Crippen LogP contribution is -2.12. The summed E-state index contributed by atoms with van der Waals surface area (Å²) in [5, 5.41) is 3.21. The fraction of sp³-hybridized carbons (Fsp3) is 0. The highest BCUT2D eigenvalue weighted by atomic mass is 32.2. The molecule has 3 heterocycles. The van der Waals surface area contributed by atoms with E-state index in [1.807, 2.05) is 30.3 Å². The minimum absolute atomic E-state index is 0.427.